The van der Waals surface area contributed by atoms with Crippen LogP contribution in [0.2, 0.25) is 0 Å². The highest BCUT2D eigenvalue weighted by Gasteiger charge is 2.32. The van der Waals surface area contributed by atoms with Crippen molar-refractivity contribution in [3.05, 3.63) is 65.5 Å². The summed E-state index contributed by atoms with van der Waals surface area (Å²) in [5.41, 5.74) is 0.471. The van der Waals surface area contributed by atoms with Crippen molar-refractivity contribution in [2.75, 3.05) is 6.61 Å². The molecule has 0 N–H and O–H groups in total. The highest BCUT2D eigenvalue weighted by molar-refractivity contribution is 5.93. The fraction of sp³-hybridized carbons (Fsp3) is 0.250. The van der Waals surface area contributed by atoms with E-state index in [0.717, 1.165) is 23.9 Å². The molecule has 22 heavy (non-hydrogen) atoms. The summed E-state index contributed by atoms with van der Waals surface area (Å²) < 4.78 is 43.5. The summed E-state index contributed by atoms with van der Waals surface area (Å²) in [5.74, 6) is 0.173. The number of hydrogen-bond acceptors (Lipinski definition) is 3. The van der Waals surface area contributed by atoms with E-state index in [1.807, 2.05) is 30.3 Å². The van der Waals surface area contributed by atoms with Crippen LogP contribution >= 0.6 is 0 Å². The molecule has 0 aliphatic carbocycles. The summed E-state index contributed by atoms with van der Waals surface area (Å²) in [6.45, 7) is 0.349. The molecule has 0 radical (unpaired) electrons. The molecule has 0 fully saturated rings. The Morgan fingerprint density at radius 1 is 1.14 bits per heavy atom. The van der Waals surface area contributed by atoms with Gasteiger partial charge in [-0.3, -0.25) is 4.98 Å². The molecule has 0 saturated heterocycles. The predicted molar refractivity (Wildman–Crippen MR) is 75.7 cm³/mol. The number of halogens is 3. The van der Waals surface area contributed by atoms with E-state index in [0.29, 0.717) is 13.0 Å². The Balaban J connectivity index is 1.77. The summed E-state index contributed by atoms with van der Waals surface area (Å²) in [6, 6.07) is 11.6. The van der Waals surface area contributed by atoms with Gasteiger partial charge < -0.3 is 4.74 Å². The zero-order valence-corrected chi connectivity index (χ0v) is 11.5. The summed E-state index contributed by atoms with van der Waals surface area (Å²) in [6.07, 6.45) is -2.60. The lowest BCUT2D eigenvalue weighted by molar-refractivity contribution is -0.137. The lowest BCUT2D eigenvalue weighted by Crippen LogP contribution is -2.10. The molecular formula is C16H13F3N2O. The van der Waals surface area contributed by atoms with Gasteiger partial charge in [0.2, 0.25) is 5.90 Å². The molecule has 1 aliphatic heterocycles. The summed E-state index contributed by atoms with van der Waals surface area (Å²) in [4.78, 5) is 8.26. The third-order valence-electron chi connectivity index (χ3n) is 3.33. The first-order valence-corrected chi connectivity index (χ1v) is 6.80. The summed E-state index contributed by atoms with van der Waals surface area (Å²) >= 11 is 0. The molecule has 1 aromatic carbocycles. The van der Waals surface area contributed by atoms with Gasteiger partial charge in [0.25, 0.3) is 0 Å². The van der Waals surface area contributed by atoms with Crippen LogP contribution in [0.4, 0.5) is 13.2 Å². The molecule has 1 atom stereocenters. The SMILES string of the molecule is FC(F)(F)c1ccnc(C2=NC(Cc3ccccc3)CO2)c1. The Morgan fingerprint density at radius 2 is 1.91 bits per heavy atom. The smallest absolute Gasteiger partial charge is 0.416 e. The van der Waals surface area contributed by atoms with Gasteiger partial charge in [0.15, 0.2) is 0 Å². The average molecular weight is 306 g/mol. The largest absolute Gasteiger partial charge is 0.474 e. The quantitative estimate of drug-likeness (QED) is 0.870. The van der Waals surface area contributed by atoms with Gasteiger partial charge in [0.05, 0.1) is 11.6 Å². The van der Waals surface area contributed by atoms with Crippen LogP contribution in [-0.2, 0) is 17.3 Å². The number of benzene rings is 1. The highest BCUT2D eigenvalue weighted by Crippen LogP contribution is 2.29. The van der Waals surface area contributed by atoms with Crippen LogP contribution < -0.4 is 0 Å². The maximum Gasteiger partial charge on any atom is 0.416 e. The van der Waals surface area contributed by atoms with Crippen LogP contribution in [0.15, 0.2) is 53.7 Å². The van der Waals surface area contributed by atoms with Crippen molar-refractivity contribution in [2.24, 2.45) is 4.99 Å². The van der Waals surface area contributed by atoms with Crippen LogP contribution in [0.1, 0.15) is 16.8 Å². The number of nitrogens with zero attached hydrogens (tertiary/aromatic N) is 2. The maximum absolute atomic E-state index is 12.7. The molecule has 1 aromatic heterocycles. The molecular weight excluding hydrogens is 293 g/mol. The predicted octanol–water partition coefficient (Wildman–Crippen LogP) is 3.49. The number of ether oxygens (including phenoxy) is 1. The first-order chi connectivity index (χ1) is 10.5. The second-order valence-electron chi connectivity index (χ2n) is 5.02. The van der Waals surface area contributed by atoms with E-state index in [1.54, 1.807) is 0 Å². The first-order valence-electron chi connectivity index (χ1n) is 6.80. The molecule has 2 heterocycles. The van der Waals surface area contributed by atoms with Crippen LogP contribution in [0.3, 0.4) is 0 Å². The molecule has 0 bridgehead atoms. The Hall–Kier alpha value is -2.37. The molecule has 114 valence electrons. The van der Waals surface area contributed by atoms with E-state index in [-0.39, 0.29) is 17.6 Å². The van der Waals surface area contributed by atoms with Crippen molar-refractivity contribution in [2.45, 2.75) is 18.6 Å². The van der Waals surface area contributed by atoms with E-state index in [2.05, 4.69) is 9.98 Å². The van der Waals surface area contributed by atoms with Gasteiger partial charge in [-0.25, -0.2) is 4.99 Å². The highest BCUT2D eigenvalue weighted by atomic mass is 19.4. The standard InChI is InChI=1S/C16H13F3N2O/c17-16(18,19)12-6-7-20-14(9-12)15-21-13(10-22-15)8-11-4-2-1-3-5-11/h1-7,9,13H,8,10H2. The van der Waals surface area contributed by atoms with Gasteiger partial charge in [-0.15, -0.1) is 0 Å². The Kier molecular flexibility index (Phi) is 3.83. The molecule has 0 amide bonds. The van der Waals surface area contributed by atoms with Gasteiger partial charge in [-0.1, -0.05) is 30.3 Å². The molecule has 3 nitrogen and oxygen atoms in total. The van der Waals surface area contributed by atoms with Gasteiger partial charge in [0, 0.05) is 6.20 Å². The minimum absolute atomic E-state index is 0.103. The van der Waals surface area contributed by atoms with Crippen LogP contribution in [0.25, 0.3) is 0 Å². The zero-order valence-electron chi connectivity index (χ0n) is 11.5. The van der Waals surface area contributed by atoms with E-state index in [4.69, 9.17) is 4.74 Å². The molecule has 0 spiro atoms. The second kappa shape index (κ2) is 5.79. The van der Waals surface area contributed by atoms with E-state index in [1.165, 1.54) is 0 Å². The number of hydrogen-bond donors (Lipinski definition) is 0. The lowest BCUT2D eigenvalue weighted by atomic mass is 10.1. The number of pyridine rings is 1. The fourth-order valence-corrected chi connectivity index (χ4v) is 2.27. The zero-order chi connectivity index (χ0) is 15.6. The average Bonchev–Trinajstić information content (AvgIpc) is 2.96. The lowest BCUT2D eigenvalue weighted by Gasteiger charge is -2.07. The van der Waals surface area contributed by atoms with Crippen molar-refractivity contribution in [3.8, 4) is 0 Å². The van der Waals surface area contributed by atoms with Gasteiger partial charge in [-0.05, 0) is 24.1 Å². The molecule has 1 aliphatic rings. The van der Waals surface area contributed by atoms with Crippen molar-refractivity contribution < 1.29 is 17.9 Å². The normalized spacial score (nSPS) is 18.0. The van der Waals surface area contributed by atoms with Crippen molar-refractivity contribution in [1.29, 1.82) is 0 Å². The number of aliphatic imine (C=N–C) groups is 1. The van der Waals surface area contributed by atoms with E-state index < -0.39 is 11.7 Å². The third kappa shape index (κ3) is 3.27. The monoisotopic (exact) mass is 306 g/mol. The Morgan fingerprint density at radius 3 is 2.64 bits per heavy atom. The third-order valence-corrected chi connectivity index (χ3v) is 3.33. The molecule has 0 saturated carbocycles. The number of aromatic nitrogens is 1. The van der Waals surface area contributed by atoms with Crippen LogP contribution in [0, 0.1) is 0 Å². The number of rotatable bonds is 3. The molecule has 1 unspecified atom stereocenters. The van der Waals surface area contributed by atoms with Crippen molar-refractivity contribution >= 4 is 5.90 Å². The van der Waals surface area contributed by atoms with Crippen molar-refractivity contribution in [3.63, 3.8) is 0 Å². The summed E-state index contributed by atoms with van der Waals surface area (Å²) in [7, 11) is 0. The second-order valence-corrected chi connectivity index (χ2v) is 5.02. The van der Waals surface area contributed by atoms with Crippen LogP contribution in [-0.4, -0.2) is 23.5 Å². The van der Waals surface area contributed by atoms with E-state index in [9.17, 15) is 13.2 Å². The van der Waals surface area contributed by atoms with Crippen LogP contribution in [0.5, 0.6) is 0 Å². The van der Waals surface area contributed by atoms with Gasteiger partial charge in [-0.2, -0.15) is 13.2 Å². The minimum Gasteiger partial charge on any atom is -0.474 e. The minimum atomic E-state index is -4.40. The van der Waals surface area contributed by atoms with Gasteiger partial charge >= 0.3 is 6.18 Å². The fourth-order valence-electron chi connectivity index (χ4n) is 2.27. The Bertz CT molecular complexity index is 683. The Labute approximate surface area is 125 Å². The van der Waals surface area contributed by atoms with E-state index >= 15 is 0 Å². The first kappa shape index (κ1) is 14.6. The molecule has 2 aromatic rings. The maximum atomic E-state index is 12.7. The number of alkyl halides is 3. The molecule has 6 heteroatoms. The topological polar surface area (TPSA) is 34.5 Å². The van der Waals surface area contributed by atoms with Crippen molar-refractivity contribution in [1.82, 2.24) is 4.98 Å². The van der Waals surface area contributed by atoms with Gasteiger partial charge in [0.1, 0.15) is 12.3 Å². The molecule has 3 rings (SSSR count). The summed E-state index contributed by atoms with van der Waals surface area (Å²) in [5, 5.41) is 0.